The number of hydrogen-bond acceptors (Lipinski definition) is 3. The van der Waals surface area contributed by atoms with Gasteiger partial charge in [-0.05, 0) is 37.6 Å². The quantitative estimate of drug-likeness (QED) is 0.814. The predicted molar refractivity (Wildman–Crippen MR) is 82.7 cm³/mol. The summed E-state index contributed by atoms with van der Waals surface area (Å²) in [6.45, 7) is 3.87. The highest BCUT2D eigenvalue weighted by atomic mass is 32.2. The second-order valence-corrected chi connectivity index (χ2v) is 6.29. The largest absolute Gasteiger partial charge is 0.293 e. The van der Waals surface area contributed by atoms with Crippen molar-refractivity contribution in [2.24, 2.45) is 0 Å². The average molecular weight is 297 g/mol. The summed E-state index contributed by atoms with van der Waals surface area (Å²) in [6.07, 6.45) is 0. The standard InChI is InChI=1S/C17H15NO2S/c1-12-3-8-17(13(2)9-12)21(20)11-16(19)15-6-4-14(10-18)5-7-15/h3-9H,11H2,1-2H3. The van der Waals surface area contributed by atoms with Crippen molar-refractivity contribution in [3.05, 3.63) is 64.7 Å². The minimum Gasteiger partial charge on any atom is -0.293 e. The molecule has 0 heterocycles. The van der Waals surface area contributed by atoms with Crippen LogP contribution in [-0.2, 0) is 10.8 Å². The third-order valence-electron chi connectivity index (χ3n) is 3.17. The maximum Gasteiger partial charge on any atom is 0.175 e. The molecule has 0 aromatic heterocycles. The third kappa shape index (κ3) is 3.65. The molecule has 21 heavy (non-hydrogen) atoms. The van der Waals surface area contributed by atoms with Gasteiger partial charge >= 0.3 is 0 Å². The van der Waals surface area contributed by atoms with Crippen LogP contribution in [0.25, 0.3) is 0 Å². The van der Waals surface area contributed by atoms with E-state index in [2.05, 4.69) is 0 Å². The summed E-state index contributed by atoms with van der Waals surface area (Å²) in [5, 5.41) is 8.73. The Morgan fingerprint density at radius 3 is 2.38 bits per heavy atom. The third-order valence-corrected chi connectivity index (χ3v) is 4.65. The Morgan fingerprint density at radius 1 is 1.14 bits per heavy atom. The highest BCUT2D eigenvalue weighted by Gasteiger charge is 2.14. The molecule has 0 saturated carbocycles. The van der Waals surface area contributed by atoms with Crippen LogP contribution in [0, 0.1) is 25.2 Å². The van der Waals surface area contributed by atoms with E-state index in [4.69, 9.17) is 5.26 Å². The smallest absolute Gasteiger partial charge is 0.175 e. The Morgan fingerprint density at radius 2 is 1.81 bits per heavy atom. The summed E-state index contributed by atoms with van der Waals surface area (Å²) in [7, 11) is -1.36. The van der Waals surface area contributed by atoms with Crippen molar-refractivity contribution in [1.82, 2.24) is 0 Å². The number of benzene rings is 2. The molecule has 0 N–H and O–H groups in total. The van der Waals surface area contributed by atoms with Gasteiger partial charge in [0.15, 0.2) is 5.78 Å². The van der Waals surface area contributed by atoms with E-state index in [1.807, 2.05) is 38.1 Å². The molecule has 2 aromatic rings. The van der Waals surface area contributed by atoms with Gasteiger partial charge in [0, 0.05) is 10.5 Å². The van der Waals surface area contributed by atoms with E-state index in [0.717, 1.165) is 11.1 Å². The minimum absolute atomic E-state index is 0.0458. The minimum atomic E-state index is -1.36. The first-order valence-electron chi connectivity index (χ1n) is 6.50. The fourth-order valence-corrected chi connectivity index (χ4v) is 3.26. The molecular weight excluding hydrogens is 282 g/mol. The molecule has 0 amide bonds. The zero-order valence-corrected chi connectivity index (χ0v) is 12.7. The van der Waals surface area contributed by atoms with Crippen LogP contribution in [0.5, 0.6) is 0 Å². The lowest BCUT2D eigenvalue weighted by atomic mass is 10.1. The Hall–Kier alpha value is -2.25. The lowest BCUT2D eigenvalue weighted by Crippen LogP contribution is -2.12. The zero-order chi connectivity index (χ0) is 15.4. The van der Waals surface area contributed by atoms with Gasteiger partial charge in [-0.1, -0.05) is 29.8 Å². The molecule has 0 aliphatic rings. The van der Waals surface area contributed by atoms with Gasteiger partial charge in [0.25, 0.3) is 0 Å². The number of rotatable bonds is 4. The van der Waals surface area contributed by atoms with E-state index in [1.54, 1.807) is 24.3 Å². The molecule has 2 rings (SSSR count). The summed E-state index contributed by atoms with van der Waals surface area (Å²) in [4.78, 5) is 12.8. The van der Waals surface area contributed by atoms with Crippen LogP contribution in [-0.4, -0.2) is 15.7 Å². The summed E-state index contributed by atoms with van der Waals surface area (Å²) in [6, 6.07) is 14.0. The van der Waals surface area contributed by atoms with Gasteiger partial charge in [-0.2, -0.15) is 5.26 Å². The first kappa shape index (κ1) is 15.1. The Labute approximate surface area is 126 Å². The fourth-order valence-electron chi connectivity index (χ4n) is 2.07. The normalized spacial score (nSPS) is 11.7. The highest BCUT2D eigenvalue weighted by Crippen LogP contribution is 2.16. The molecular formula is C17H15NO2S. The van der Waals surface area contributed by atoms with Gasteiger partial charge in [0.2, 0.25) is 0 Å². The van der Waals surface area contributed by atoms with Crippen molar-refractivity contribution in [3.63, 3.8) is 0 Å². The van der Waals surface area contributed by atoms with E-state index in [-0.39, 0.29) is 11.5 Å². The second kappa shape index (κ2) is 6.47. The average Bonchev–Trinajstić information content (AvgIpc) is 2.47. The number of carbonyl (C=O) groups is 1. The molecule has 0 fully saturated rings. The first-order valence-corrected chi connectivity index (χ1v) is 7.82. The highest BCUT2D eigenvalue weighted by molar-refractivity contribution is 7.85. The Kier molecular flexibility index (Phi) is 4.66. The van der Waals surface area contributed by atoms with E-state index in [0.29, 0.717) is 16.0 Å². The molecule has 0 aliphatic heterocycles. The van der Waals surface area contributed by atoms with E-state index >= 15 is 0 Å². The van der Waals surface area contributed by atoms with E-state index in [9.17, 15) is 9.00 Å². The molecule has 106 valence electrons. The lowest BCUT2D eigenvalue weighted by Gasteiger charge is -2.06. The number of nitriles is 1. The zero-order valence-electron chi connectivity index (χ0n) is 11.9. The van der Waals surface area contributed by atoms with Crippen LogP contribution in [0.1, 0.15) is 27.0 Å². The topological polar surface area (TPSA) is 57.9 Å². The Bertz CT molecular complexity index is 742. The summed E-state index contributed by atoms with van der Waals surface area (Å²) in [5.41, 5.74) is 3.02. The van der Waals surface area contributed by atoms with Gasteiger partial charge in [-0.25, -0.2) is 0 Å². The maximum atomic E-state index is 12.3. The molecule has 0 saturated heterocycles. The van der Waals surface area contributed by atoms with Gasteiger partial charge in [-0.15, -0.1) is 0 Å². The number of nitrogens with zero attached hydrogens (tertiary/aromatic N) is 1. The molecule has 0 aliphatic carbocycles. The second-order valence-electron chi connectivity index (χ2n) is 4.87. The molecule has 0 bridgehead atoms. The predicted octanol–water partition coefficient (Wildman–Crippen LogP) is 3.17. The first-order chi connectivity index (χ1) is 10.0. The Balaban J connectivity index is 2.15. The monoisotopic (exact) mass is 297 g/mol. The molecule has 2 aromatic carbocycles. The number of carbonyl (C=O) groups excluding carboxylic acids is 1. The van der Waals surface area contributed by atoms with Crippen LogP contribution < -0.4 is 0 Å². The van der Waals surface area contributed by atoms with E-state index in [1.165, 1.54) is 0 Å². The van der Waals surface area contributed by atoms with Gasteiger partial charge < -0.3 is 0 Å². The van der Waals surface area contributed by atoms with Crippen molar-refractivity contribution in [2.45, 2.75) is 18.7 Å². The van der Waals surface area contributed by atoms with Crippen molar-refractivity contribution < 1.29 is 9.00 Å². The van der Waals surface area contributed by atoms with Gasteiger partial charge in [-0.3, -0.25) is 9.00 Å². The van der Waals surface area contributed by atoms with Crippen LogP contribution >= 0.6 is 0 Å². The molecule has 0 spiro atoms. The van der Waals surface area contributed by atoms with Crippen LogP contribution in [0.4, 0.5) is 0 Å². The van der Waals surface area contributed by atoms with Crippen molar-refractivity contribution in [1.29, 1.82) is 5.26 Å². The van der Waals surface area contributed by atoms with Crippen molar-refractivity contribution in [3.8, 4) is 6.07 Å². The number of aryl methyl sites for hydroxylation is 2. The molecule has 0 radical (unpaired) electrons. The van der Waals surface area contributed by atoms with Gasteiger partial charge in [0.05, 0.1) is 28.2 Å². The molecule has 4 heteroatoms. The van der Waals surface area contributed by atoms with Gasteiger partial charge in [0.1, 0.15) is 0 Å². The van der Waals surface area contributed by atoms with E-state index < -0.39 is 10.8 Å². The summed E-state index contributed by atoms with van der Waals surface area (Å²) >= 11 is 0. The lowest BCUT2D eigenvalue weighted by molar-refractivity contribution is 0.102. The number of ketones is 1. The summed E-state index contributed by atoms with van der Waals surface area (Å²) in [5.74, 6) is -0.228. The summed E-state index contributed by atoms with van der Waals surface area (Å²) < 4.78 is 12.3. The SMILES string of the molecule is Cc1ccc(S(=O)CC(=O)c2ccc(C#N)cc2)c(C)c1. The van der Waals surface area contributed by atoms with Crippen molar-refractivity contribution in [2.75, 3.05) is 5.75 Å². The number of hydrogen-bond donors (Lipinski definition) is 0. The van der Waals surface area contributed by atoms with Crippen LogP contribution in [0.3, 0.4) is 0 Å². The molecule has 1 unspecified atom stereocenters. The maximum absolute atomic E-state index is 12.3. The van der Waals surface area contributed by atoms with Crippen LogP contribution in [0.2, 0.25) is 0 Å². The van der Waals surface area contributed by atoms with Crippen molar-refractivity contribution >= 4 is 16.6 Å². The number of Topliss-reactive ketones (excluding diaryl/α,β-unsaturated/α-hetero) is 1. The fraction of sp³-hybridized carbons (Fsp3) is 0.176. The molecule has 3 nitrogen and oxygen atoms in total. The molecule has 1 atom stereocenters. The van der Waals surface area contributed by atoms with Crippen LogP contribution in [0.15, 0.2) is 47.4 Å².